The molecule has 44 heavy (non-hydrogen) atoms. The Bertz CT molecular complexity index is 2140. The maximum Gasteiger partial charge on any atom is -0.00139 e. The summed E-state index contributed by atoms with van der Waals surface area (Å²) < 4.78 is 0. The molecule has 8 aromatic carbocycles. The second-order valence-corrected chi connectivity index (χ2v) is 11.4. The van der Waals surface area contributed by atoms with Crippen LogP contribution in [0.1, 0.15) is 11.1 Å². The van der Waals surface area contributed by atoms with Crippen molar-refractivity contribution < 1.29 is 0 Å². The lowest BCUT2D eigenvalue weighted by Crippen LogP contribution is -1.94. The number of benzene rings is 8. The van der Waals surface area contributed by atoms with E-state index in [2.05, 4.69) is 159 Å². The lowest BCUT2D eigenvalue weighted by atomic mass is 9.82. The van der Waals surface area contributed by atoms with Crippen LogP contribution in [0.25, 0.3) is 89.0 Å². The first-order chi connectivity index (χ1) is 21.7. The monoisotopic (exact) mass is 558 g/mol. The Hall–Kier alpha value is -5.72. The molecule has 0 spiro atoms. The number of hydrogen-bond acceptors (Lipinski definition) is 0. The molecule has 0 aliphatic rings. The van der Waals surface area contributed by atoms with E-state index in [1.165, 1.54) is 76.8 Å². The van der Waals surface area contributed by atoms with E-state index in [-0.39, 0.29) is 0 Å². The highest BCUT2D eigenvalue weighted by Gasteiger charge is 2.20. The molecule has 0 saturated carbocycles. The van der Waals surface area contributed by atoms with Crippen LogP contribution in [-0.2, 0) is 0 Å². The third kappa shape index (κ3) is 4.15. The van der Waals surface area contributed by atoms with Crippen LogP contribution in [0.4, 0.5) is 0 Å². The fourth-order valence-electron chi connectivity index (χ4n) is 6.78. The first-order valence-electron chi connectivity index (χ1n) is 15.1. The van der Waals surface area contributed by atoms with Crippen LogP contribution in [0, 0.1) is 0 Å². The van der Waals surface area contributed by atoms with Crippen LogP contribution >= 0.6 is 0 Å². The molecular formula is C44H30. The van der Waals surface area contributed by atoms with Crippen molar-refractivity contribution in [2.75, 3.05) is 0 Å². The standard InChI is InChI=1S/C44H30/c1-3-29-15-19-33(20-16-29)41-27-39(31-11-7-5-8-12-31)35-24-26-38-42(34-21-17-30(4-2)18-22-34)28-40(32-13-9-6-10-14-32)36-23-25-37(41)43(35)44(36)38/h3-28H,1-2H2. The molecule has 0 N–H and O–H groups in total. The van der Waals surface area contributed by atoms with Gasteiger partial charge in [0.05, 0.1) is 0 Å². The van der Waals surface area contributed by atoms with Crippen LogP contribution in [0.15, 0.2) is 159 Å². The van der Waals surface area contributed by atoms with E-state index in [4.69, 9.17) is 0 Å². The predicted molar refractivity (Wildman–Crippen MR) is 192 cm³/mol. The van der Waals surface area contributed by atoms with Crippen LogP contribution in [0.3, 0.4) is 0 Å². The van der Waals surface area contributed by atoms with E-state index >= 15 is 0 Å². The zero-order chi connectivity index (χ0) is 29.6. The SMILES string of the molecule is C=Cc1ccc(-c2cc(-c3ccccc3)c3ccc4c(-c5ccc(C=C)cc5)cc(-c5ccccc5)c5ccc2c3c54)cc1. The summed E-state index contributed by atoms with van der Waals surface area (Å²) in [6.45, 7) is 7.93. The van der Waals surface area contributed by atoms with E-state index in [9.17, 15) is 0 Å². The van der Waals surface area contributed by atoms with Crippen molar-refractivity contribution in [3.63, 3.8) is 0 Å². The van der Waals surface area contributed by atoms with E-state index in [0.29, 0.717) is 0 Å². The van der Waals surface area contributed by atoms with E-state index < -0.39 is 0 Å². The molecule has 0 radical (unpaired) electrons. The minimum absolute atomic E-state index is 1.12. The Balaban J connectivity index is 1.55. The van der Waals surface area contributed by atoms with Gasteiger partial charge in [-0.2, -0.15) is 0 Å². The van der Waals surface area contributed by atoms with Crippen molar-refractivity contribution in [1.82, 2.24) is 0 Å². The van der Waals surface area contributed by atoms with Crippen molar-refractivity contribution in [3.05, 3.63) is 170 Å². The minimum Gasteiger partial charge on any atom is -0.0985 e. The first kappa shape index (κ1) is 25.9. The maximum atomic E-state index is 3.96. The minimum atomic E-state index is 1.12. The summed E-state index contributed by atoms with van der Waals surface area (Å²) in [4.78, 5) is 0. The van der Waals surface area contributed by atoms with Crippen molar-refractivity contribution in [1.29, 1.82) is 0 Å². The lowest BCUT2D eigenvalue weighted by molar-refractivity contribution is 1.61. The van der Waals surface area contributed by atoms with Crippen LogP contribution in [-0.4, -0.2) is 0 Å². The molecule has 0 nitrogen and oxygen atoms in total. The van der Waals surface area contributed by atoms with Gasteiger partial charge in [0.15, 0.2) is 0 Å². The molecule has 0 heterocycles. The van der Waals surface area contributed by atoms with E-state index in [0.717, 1.165) is 11.1 Å². The van der Waals surface area contributed by atoms with Gasteiger partial charge in [-0.3, -0.25) is 0 Å². The highest BCUT2D eigenvalue weighted by atomic mass is 14.2. The quantitative estimate of drug-likeness (QED) is 0.178. The molecule has 0 amide bonds. The van der Waals surface area contributed by atoms with Crippen LogP contribution in [0.5, 0.6) is 0 Å². The zero-order valence-corrected chi connectivity index (χ0v) is 24.4. The lowest BCUT2D eigenvalue weighted by Gasteiger charge is -2.21. The van der Waals surface area contributed by atoms with Gasteiger partial charge in [-0.05, 0) is 100 Å². The molecule has 8 aromatic rings. The Morgan fingerprint density at radius 2 is 0.614 bits per heavy atom. The van der Waals surface area contributed by atoms with Gasteiger partial charge in [-0.25, -0.2) is 0 Å². The molecule has 8 rings (SSSR count). The Morgan fingerprint density at radius 1 is 0.318 bits per heavy atom. The van der Waals surface area contributed by atoms with Gasteiger partial charge in [-0.15, -0.1) is 0 Å². The molecule has 206 valence electrons. The molecule has 0 aliphatic carbocycles. The molecule has 0 bridgehead atoms. The van der Waals surface area contributed by atoms with Crippen LogP contribution in [0.2, 0.25) is 0 Å². The molecule has 0 aromatic heterocycles. The fourth-order valence-corrected chi connectivity index (χ4v) is 6.78. The Morgan fingerprint density at radius 3 is 0.909 bits per heavy atom. The summed E-state index contributed by atoms with van der Waals surface area (Å²) in [5, 5.41) is 7.70. The van der Waals surface area contributed by atoms with Crippen LogP contribution < -0.4 is 0 Å². The summed E-state index contributed by atoms with van der Waals surface area (Å²) >= 11 is 0. The van der Waals surface area contributed by atoms with E-state index in [1.54, 1.807) is 0 Å². The predicted octanol–water partition coefficient (Wildman–Crippen LogP) is 12.5. The first-order valence-corrected chi connectivity index (χ1v) is 15.1. The van der Waals surface area contributed by atoms with Crippen molar-refractivity contribution in [2.24, 2.45) is 0 Å². The third-order valence-electron chi connectivity index (χ3n) is 8.98. The maximum absolute atomic E-state index is 3.96. The van der Waals surface area contributed by atoms with Gasteiger partial charge in [0, 0.05) is 0 Å². The van der Waals surface area contributed by atoms with Crippen molar-refractivity contribution in [3.8, 4) is 44.5 Å². The van der Waals surface area contributed by atoms with Gasteiger partial charge in [-0.1, -0.05) is 159 Å². The number of rotatable bonds is 6. The van der Waals surface area contributed by atoms with Gasteiger partial charge >= 0.3 is 0 Å². The van der Waals surface area contributed by atoms with Gasteiger partial charge in [0.2, 0.25) is 0 Å². The summed E-state index contributed by atoms with van der Waals surface area (Å²) in [6.07, 6.45) is 3.80. The smallest absolute Gasteiger partial charge is 0.00139 e. The second-order valence-electron chi connectivity index (χ2n) is 11.4. The largest absolute Gasteiger partial charge is 0.0985 e. The second kappa shape index (κ2) is 10.5. The summed E-state index contributed by atoms with van der Waals surface area (Å²) in [6, 6.07) is 53.2. The third-order valence-corrected chi connectivity index (χ3v) is 8.98. The van der Waals surface area contributed by atoms with Gasteiger partial charge < -0.3 is 0 Å². The van der Waals surface area contributed by atoms with Gasteiger partial charge in [0.1, 0.15) is 0 Å². The summed E-state index contributed by atoms with van der Waals surface area (Å²) in [7, 11) is 0. The normalized spacial score (nSPS) is 11.4. The molecule has 0 heteroatoms. The summed E-state index contributed by atoms with van der Waals surface area (Å²) in [5.74, 6) is 0. The molecule has 0 atom stereocenters. The zero-order valence-electron chi connectivity index (χ0n) is 24.4. The molecule has 0 fully saturated rings. The molecule has 0 unspecified atom stereocenters. The molecule has 0 saturated heterocycles. The average Bonchev–Trinajstić information content (AvgIpc) is 3.11. The van der Waals surface area contributed by atoms with Gasteiger partial charge in [0.25, 0.3) is 0 Å². The average molecular weight is 559 g/mol. The van der Waals surface area contributed by atoms with Crippen molar-refractivity contribution in [2.45, 2.75) is 0 Å². The Labute approximate surface area is 258 Å². The van der Waals surface area contributed by atoms with Crippen molar-refractivity contribution >= 4 is 44.5 Å². The van der Waals surface area contributed by atoms with E-state index in [1.807, 2.05) is 12.2 Å². The highest BCUT2D eigenvalue weighted by molar-refractivity contribution is 6.31. The topological polar surface area (TPSA) is 0 Å². The molecular weight excluding hydrogens is 528 g/mol. The fraction of sp³-hybridized carbons (Fsp3) is 0. The molecule has 0 aliphatic heterocycles. The summed E-state index contributed by atoms with van der Waals surface area (Å²) in [5.41, 5.74) is 12.1. The number of hydrogen-bond donors (Lipinski definition) is 0. The highest BCUT2D eigenvalue weighted by Crippen LogP contribution is 2.48. The Kier molecular flexibility index (Phi) is 6.21.